The Kier molecular flexibility index (Phi) is 7.25. The van der Waals surface area contributed by atoms with Gasteiger partial charge in [-0.2, -0.15) is 4.39 Å². The van der Waals surface area contributed by atoms with Crippen molar-refractivity contribution in [2.75, 3.05) is 27.3 Å². The fourth-order valence-electron chi connectivity index (χ4n) is 5.12. The van der Waals surface area contributed by atoms with Crippen LogP contribution in [0.2, 0.25) is 0 Å². The highest BCUT2D eigenvalue weighted by Gasteiger charge is 2.56. The van der Waals surface area contributed by atoms with Crippen LogP contribution in [0.25, 0.3) is 0 Å². The van der Waals surface area contributed by atoms with E-state index in [9.17, 15) is 18.4 Å². The van der Waals surface area contributed by atoms with Crippen LogP contribution < -0.4 is 14.8 Å². The van der Waals surface area contributed by atoms with Gasteiger partial charge in [0.15, 0.2) is 17.3 Å². The topological polar surface area (TPSA) is 67.9 Å². The Balaban J connectivity index is 1.17. The van der Waals surface area contributed by atoms with E-state index in [0.717, 1.165) is 43.6 Å². The Morgan fingerprint density at radius 3 is 2.18 bits per heavy atom. The molecule has 2 fully saturated rings. The van der Waals surface area contributed by atoms with Gasteiger partial charge < -0.3 is 19.7 Å². The maximum absolute atomic E-state index is 14.7. The number of likely N-dealkylation sites (tertiary alicyclic amines) is 1. The number of hydrogen-bond donors (Lipinski definition) is 1. The molecule has 3 aromatic rings. The molecule has 39 heavy (non-hydrogen) atoms. The van der Waals surface area contributed by atoms with Crippen LogP contribution in [0, 0.1) is 28.9 Å². The zero-order chi connectivity index (χ0) is 27.6. The molecule has 200 valence electrons. The number of hydrogen-bond acceptors (Lipinski definition) is 4. The largest absolute Gasteiger partial charge is 0.494 e. The number of ether oxygens (including phenoxy) is 2. The van der Waals surface area contributed by atoms with Crippen molar-refractivity contribution in [3.8, 4) is 23.3 Å². The zero-order valence-corrected chi connectivity index (χ0v) is 21.7. The highest BCUT2D eigenvalue weighted by Crippen LogP contribution is 2.54. The first kappa shape index (κ1) is 26.2. The van der Waals surface area contributed by atoms with Crippen molar-refractivity contribution in [3.63, 3.8) is 0 Å². The van der Waals surface area contributed by atoms with Crippen LogP contribution in [-0.4, -0.2) is 50.1 Å². The first-order valence-electron chi connectivity index (χ1n) is 12.7. The summed E-state index contributed by atoms with van der Waals surface area (Å²) in [7, 11) is 2.36. The number of benzene rings is 3. The second kappa shape index (κ2) is 10.8. The van der Waals surface area contributed by atoms with E-state index in [1.165, 1.54) is 7.11 Å². The average molecular weight is 531 g/mol. The van der Waals surface area contributed by atoms with Gasteiger partial charge in [-0.25, -0.2) is 4.39 Å². The van der Waals surface area contributed by atoms with Gasteiger partial charge in [0.1, 0.15) is 0 Å². The van der Waals surface area contributed by atoms with Crippen molar-refractivity contribution in [1.82, 2.24) is 10.2 Å². The molecule has 1 aliphatic carbocycles. The summed E-state index contributed by atoms with van der Waals surface area (Å²) in [4.78, 5) is 27.7. The van der Waals surface area contributed by atoms with Crippen molar-refractivity contribution >= 4 is 11.8 Å². The zero-order valence-electron chi connectivity index (χ0n) is 21.7. The van der Waals surface area contributed by atoms with Crippen LogP contribution in [0.1, 0.15) is 51.1 Å². The highest BCUT2D eigenvalue weighted by atomic mass is 19.1. The summed E-state index contributed by atoms with van der Waals surface area (Å²) in [5.41, 5.74) is 1.89. The summed E-state index contributed by atoms with van der Waals surface area (Å²) in [6.45, 7) is 1.13. The van der Waals surface area contributed by atoms with E-state index in [1.807, 2.05) is 47.4 Å². The quantitative estimate of drug-likeness (QED) is 0.481. The normalized spacial score (nSPS) is 17.1. The van der Waals surface area contributed by atoms with Crippen molar-refractivity contribution in [1.29, 1.82) is 0 Å². The summed E-state index contributed by atoms with van der Waals surface area (Å²) >= 11 is 0. The van der Waals surface area contributed by atoms with Gasteiger partial charge >= 0.3 is 0 Å². The van der Waals surface area contributed by atoms with Gasteiger partial charge in [-0.15, -0.1) is 0 Å². The van der Waals surface area contributed by atoms with Crippen molar-refractivity contribution < 1.29 is 27.8 Å². The Morgan fingerprint density at radius 1 is 0.923 bits per heavy atom. The number of nitrogens with one attached hydrogen (secondary N) is 1. The predicted octanol–water partition coefficient (Wildman–Crippen LogP) is 4.81. The monoisotopic (exact) mass is 530 g/mol. The molecule has 1 aliphatic heterocycles. The molecule has 1 N–H and O–H groups in total. The molecule has 1 unspecified atom stereocenters. The van der Waals surface area contributed by atoms with E-state index in [2.05, 4.69) is 17.2 Å². The van der Waals surface area contributed by atoms with Crippen LogP contribution in [0.4, 0.5) is 8.78 Å². The molecule has 0 bridgehead atoms. The molecule has 3 aromatic carbocycles. The number of amides is 2. The van der Waals surface area contributed by atoms with E-state index >= 15 is 0 Å². The van der Waals surface area contributed by atoms with Gasteiger partial charge in [-0.05, 0) is 67.1 Å². The molecule has 0 radical (unpaired) electrons. The molecule has 2 amide bonds. The molecule has 1 spiro atoms. The average Bonchev–Trinajstić information content (AvgIpc) is 3.63. The second-order valence-corrected chi connectivity index (χ2v) is 9.87. The fourth-order valence-corrected chi connectivity index (χ4v) is 5.12. The molecule has 8 heteroatoms. The smallest absolute Gasteiger partial charge is 0.254 e. The van der Waals surface area contributed by atoms with Crippen LogP contribution in [0.3, 0.4) is 0 Å². The first-order valence-corrected chi connectivity index (χ1v) is 12.7. The maximum Gasteiger partial charge on any atom is 0.254 e. The lowest BCUT2D eigenvalue weighted by atomic mass is 9.92. The summed E-state index contributed by atoms with van der Waals surface area (Å²) < 4.78 is 38.7. The SMILES string of the molecule is COc1cc(C(=O)NC2CC23CCN(C(=O)c2ccc(C#Cc4ccccc4)cc2)CC3)c(F)c(OC)c1F. The highest BCUT2D eigenvalue weighted by molar-refractivity contribution is 5.96. The summed E-state index contributed by atoms with van der Waals surface area (Å²) in [5, 5.41) is 2.87. The maximum atomic E-state index is 14.7. The standard InChI is InChI=1S/C31H28F2N2O4/c1-38-24-18-23(26(32)28(39-2)27(24)33)29(36)34-25-19-31(25)14-16-35(17-15-31)30(37)22-12-10-21(11-13-22)9-8-20-6-4-3-5-7-20/h3-7,10-13,18,25H,14-17,19H2,1-2H3,(H,34,36). The van der Waals surface area contributed by atoms with Gasteiger partial charge in [-0.3, -0.25) is 9.59 Å². The van der Waals surface area contributed by atoms with Crippen molar-refractivity contribution in [2.24, 2.45) is 5.41 Å². The second-order valence-electron chi connectivity index (χ2n) is 9.87. The third-order valence-corrected chi connectivity index (χ3v) is 7.59. The lowest BCUT2D eigenvalue weighted by Gasteiger charge is -2.33. The fraction of sp³-hybridized carbons (Fsp3) is 0.290. The van der Waals surface area contributed by atoms with Crippen LogP contribution >= 0.6 is 0 Å². The predicted molar refractivity (Wildman–Crippen MR) is 142 cm³/mol. The van der Waals surface area contributed by atoms with Crippen molar-refractivity contribution in [2.45, 2.75) is 25.3 Å². The number of nitrogens with zero attached hydrogens (tertiary/aromatic N) is 1. The molecular formula is C31H28F2N2O4. The summed E-state index contributed by atoms with van der Waals surface area (Å²) in [5.74, 6) is 2.53. The van der Waals surface area contributed by atoms with Gasteiger partial charge in [0.25, 0.3) is 11.8 Å². The summed E-state index contributed by atoms with van der Waals surface area (Å²) in [6.07, 6.45) is 2.19. The van der Waals surface area contributed by atoms with Gasteiger partial charge in [0.2, 0.25) is 5.82 Å². The molecule has 1 saturated heterocycles. The Morgan fingerprint density at radius 2 is 1.56 bits per heavy atom. The number of carbonyl (C=O) groups excluding carboxylic acids is 2. The molecule has 2 aliphatic rings. The molecule has 0 aromatic heterocycles. The number of halogens is 2. The molecule has 1 saturated carbocycles. The third-order valence-electron chi connectivity index (χ3n) is 7.59. The Labute approximate surface area is 225 Å². The number of methoxy groups -OCH3 is 2. The van der Waals surface area contributed by atoms with Gasteiger partial charge in [0.05, 0.1) is 19.8 Å². The lowest BCUT2D eigenvalue weighted by molar-refractivity contribution is 0.0667. The Bertz CT molecular complexity index is 1450. The van der Waals surface area contributed by atoms with E-state index in [0.29, 0.717) is 18.7 Å². The molecule has 6 nitrogen and oxygen atoms in total. The van der Waals surface area contributed by atoms with Crippen molar-refractivity contribution in [3.05, 3.63) is 94.6 Å². The van der Waals surface area contributed by atoms with E-state index < -0.39 is 23.3 Å². The molecule has 1 atom stereocenters. The van der Waals surface area contributed by atoms with Crippen LogP contribution in [0.5, 0.6) is 11.5 Å². The third kappa shape index (κ3) is 5.30. The number of rotatable bonds is 5. The van der Waals surface area contributed by atoms with Crippen LogP contribution in [-0.2, 0) is 0 Å². The molecule has 1 heterocycles. The minimum absolute atomic E-state index is 0.0405. The first-order chi connectivity index (χ1) is 18.8. The van der Waals surface area contributed by atoms with Gasteiger partial charge in [-0.1, -0.05) is 30.0 Å². The van der Waals surface area contributed by atoms with E-state index in [-0.39, 0.29) is 28.7 Å². The minimum Gasteiger partial charge on any atom is -0.494 e. The van der Waals surface area contributed by atoms with Crippen LogP contribution in [0.15, 0.2) is 60.7 Å². The molecular weight excluding hydrogens is 502 g/mol. The summed E-state index contributed by atoms with van der Waals surface area (Å²) in [6, 6.07) is 17.9. The molecule has 5 rings (SSSR count). The Hall–Kier alpha value is -4.38. The van der Waals surface area contributed by atoms with E-state index in [1.54, 1.807) is 12.1 Å². The van der Waals surface area contributed by atoms with Gasteiger partial charge in [0, 0.05) is 35.8 Å². The van der Waals surface area contributed by atoms with E-state index in [4.69, 9.17) is 9.47 Å². The number of piperidine rings is 1. The lowest BCUT2D eigenvalue weighted by Crippen LogP contribution is -2.41. The number of carbonyl (C=O) groups is 2. The minimum atomic E-state index is -1.07.